The van der Waals surface area contributed by atoms with Crippen molar-refractivity contribution in [3.63, 3.8) is 0 Å². The van der Waals surface area contributed by atoms with Crippen molar-refractivity contribution >= 4 is 39.8 Å². The van der Waals surface area contributed by atoms with E-state index in [0.717, 1.165) is 32.6 Å². The maximum atomic E-state index is 12.5. The molecule has 10 heteroatoms. The van der Waals surface area contributed by atoms with Crippen LogP contribution in [0.1, 0.15) is 18.1 Å². The Hall–Kier alpha value is -3.89. The third kappa shape index (κ3) is 8.05. The van der Waals surface area contributed by atoms with E-state index in [1.807, 2.05) is 78.2 Å². The molecule has 1 heterocycles. The highest BCUT2D eigenvalue weighted by molar-refractivity contribution is 9.10. The molecule has 4 aromatic rings. The van der Waals surface area contributed by atoms with Gasteiger partial charge in [0.1, 0.15) is 6.61 Å². The van der Waals surface area contributed by atoms with Crippen molar-refractivity contribution in [3.05, 3.63) is 101 Å². The Labute approximate surface area is 240 Å². The van der Waals surface area contributed by atoms with Crippen molar-refractivity contribution < 1.29 is 14.3 Å². The van der Waals surface area contributed by atoms with E-state index in [0.29, 0.717) is 29.8 Å². The highest BCUT2D eigenvalue weighted by atomic mass is 79.9. The summed E-state index contributed by atoms with van der Waals surface area (Å²) in [7, 11) is 1.58. The van der Waals surface area contributed by atoms with Gasteiger partial charge < -0.3 is 9.47 Å². The van der Waals surface area contributed by atoms with Gasteiger partial charge in [0.05, 0.1) is 19.1 Å². The Bertz CT molecular complexity index is 1460. The van der Waals surface area contributed by atoms with E-state index in [9.17, 15) is 4.79 Å². The van der Waals surface area contributed by atoms with Gasteiger partial charge in [-0.2, -0.15) is 5.10 Å². The van der Waals surface area contributed by atoms with E-state index in [-0.39, 0.29) is 11.7 Å². The monoisotopic (exact) mass is 605 g/mol. The first-order valence-electron chi connectivity index (χ1n) is 12.1. The van der Waals surface area contributed by atoms with Crippen LogP contribution >= 0.6 is 27.7 Å². The van der Waals surface area contributed by atoms with E-state index in [1.54, 1.807) is 19.4 Å². The fourth-order valence-corrected chi connectivity index (χ4v) is 4.58. The van der Waals surface area contributed by atoms with Crippen LogP contribution in [-0.2, 0) is 17.9 Å². The highest BCUT2D eigenvalue weighted by Crippen LogP contribution is 2.29. The lowest BCUT2D eigenvalue weighted by molar-refractivity contribution is -0.118. The molecule has 200 valence electrons. The number of allylic oxidation sites excluding steroid dienone is 1. The van der Waals surface area contributed by atoms with Crippen LogP contribution in [0.15, 0.2) is 99.7 Å². The molecule has 4 rings (SSSR count). The number of nitrogens with zero attached hydrogens (tertiary/aromatic N) is 4. The van der Waals surface area contributed by atoms with Crippen LogP contribution in [0.25, 0.3) is 11.4 Å². The number of aromatic nitrogens is 3. The van der Waals surface area contributed by atoms with Crippen LogP contribution in [0.5, 0.6) is 11.5 Å². The van der Waals surface area contributed by atoms with Gasteiger partial charge in [0.25, 0.3) is 5.91 Å². The molecule has 0 saturated carbocycles. The van der Waals surface area contributed by atoms with Crippen LogP contribution in [-0.4, -0.2) is 39.7 Å². The minimum Gasteiger partial charge on any atom is -0.493 e. The summed E-state index contributed by atoms with van der Waals surface area (Å²) in [6.45, 7) is 6.94. The van der Waals surface area contributed by atoms with Gasteiger partial charge in [-0.3, -0.25) is 9.36 Å². The van der Waals surface area contributed by atoms with E-state index < -0.39 is 0 Å². The molecular formula is C29H28BrN5O3S. The van der Waals surface area contributed by atoms with Gasteiger partial charge in [-0.1, -0.05) is 82.3 Å². The molecule has 0 aliphatic carbocycles. The Morgan fingerprint density at radius 2 is 1.87 bits per heavy atom. The Balaban J connectivity index is 1.34. The minimum atomic E-state index is -0.263. The van der Waals surface area contributed by atoms with Gasteiger partial charge in [0.15, 0.2) is 22.5 Å². The number of hydrazone groups is 1. The molecule has 0 aliphatic rings. The SMILES string of the molecule is C=C(C)Cn1c(SCC(=O)NN=Cc2ccc(OCc3ccccc3)c(OC)c2)nnc1-c1ccc(Br)cc1. The second-order valence-electron chi connectivity index (χ2n) is 8.62. The number of hydrogen-bond acceptors (Lipinski definition) is 7. The maximum absolute atomic E-state index is 12.5. The van der Waals surface area contributed by atoms with Crippen molar-refractivity contribution in [1.82, 2.24) is 20.2 Å². The smallest absolute Gasteiger partial charge is 0.250 e. The molecule has 1 N–H and O–H groups in total. The summed E-state index contributed by atoms with van der Waals surface area (Å²) in [5, 5.41) is 13.4. The van der Waals surface area contributed by atoms with E-state index in [4.69, 9.17) is 9.47 Å². The number of amides is 1. The number of ether oxygens (including phenoxy) is 2. The summed E-state index contributed by atoms with van der Waals surface area (Å²) in [5.41, 5.74) is 6.27. The predicted molar refractivity (Wildman–Crippen MR) is 158 cm³/mol. The number of thioether (sulfide) groups is 1. The predicted octanol–water partition coefficient (Wildman–Crippen LogP) is 6.11. The average molecular weight is 607 g/mol. The number of benzene rings is 3. The van der Waals surface area contributed by atoms with E-state index in [1.165, 1.54) is 11.8 Å². The molecule has 0 bridgehead atoms. The number of carbonyl (C=O) groups excluding carboxylic acids is 1. The summed E-state index contributed by atoms with van der Waals surface area (Å²) in [6.07, 6.45) is 1.56. The molecule has 0 unspecified atom stereocenters. The van der Waals surface area contributed by atoms with Crippen molar-refractivity contribution in [3.8, 4) is 22.9 Å². The summed E-state index contributed by atoms with van der Waals surface area (Å²) < 4.78 is 14.3. The van der Waals surface area contributed by atoms with Crippen LogP contribution in [0.2, 0.25) is 0 Å². The van der Waals surface area contributed by atoms with E-state index >= 15 is 0 Å². The standard InChI is InChI=1S/C29H28BrN5O3S/c1-20(2)17-35-28(23-10-12-24(30)13-11-23)33-34-29(35)39-19-27(36)32-31-16-22-9-14-25(26(15-22)37-3)38-18-21-7-5-4-6-8-21/h4-16H,1,17-19H2,2-3H3,(H,32,36). The lowest BCUT2D eigenvalue weighted by Gasteiger charge is -2.11. The summed E-state index contributed by atoms with van der Waals surface area (Å²) in [4.78, 5) is 12.5. The van der Waals surface area contributed by atoms with Gasteiger partial charge in [-0.15, -0.1) is 10.2 Å². The van der Waals surface area contributed by atoms with Crippen molar-refractivity contribution in [2.45, 2.75) is 25.2 Å². The first-order chi connectivity index (χ1) is 18.9. The Kier molecular flexibility index (Phi) is 9.93. The van der Waals surface area contributed by atoms with Crippen molar-refractivity contribution in [2.75, 3.05) is 12.9 Å². The van der Waals surface area contributed by atoms with Crippen LogP contribution in [0.3, 0.4) is 0 Å². The normalized spacial score (nSPS) is 10.9. The zero-order valence-electron chi connectivity index (χ0n) is 21.6. The van der Waals surface area contributed by atoms with Gasteiger partial charge in [0.2, 0.25) is 0 Å². The fraction of sp³-hybridized carbons (Fsp3) is 0.172. The summed E-state index contributed by atoms with van der Waals surface area (Å²) in [5.74, 6) is 1.79. The second kappa shape index (κ2) is 13.8. The van der Waals surface area contributed by atoms with Crippen LogP contribution < -0.4 is 14.9 Å². The summed E-state index contributed by atoms with van der Waals surface area (Å²) in [6, 6.07) is 23.2. The molecule has 0 fully saturated rings. The molecule has 39 heavy (non-hydrogen) atoms. The van der Waals surface area contributed by atoms with Crippen molar-refractivity contribution in [1.29, 1.82) is 0 Å². The van der Waals surface area contributed by atoms with Crippen LogP contribution in [0.4, 0.5) is 0 Å². The van der Waals surface area contributed by atoms with Gasteiger partial charge in [-0.05, 0) is 48.4 Å². The van der Waals surface area contributed by atoms with Crippen LogP contribution in [0, 0.1) is 0 Å². The third-order valence-electron chi connectivity index (χ3n) is 5.41. The molecule has 0 aliphatic heterocycles. The zero-order chi connectivity index (χ0) is 27.6. The number of halogens is 1. The van der Waals surface area contributed by atoms with Gasteiger partial charge >= 0.3 is 0 Å². The summed E-state index contributed by atoms with van der Waals surface area (Å²) >= 11 is 4.74. The molecule has 0 spiro atoms. The topological polar surface area (TPSA) is 90.6 Å². The third-order valence-corrected chi connectivity index (χ3v) is 6.90. The molecule has 3 aromatic carbocycles. The van der Waals surface area contributed by atoms with Gasteiger partial charge in [-0.25, -0.2) is 5.43 Å². The molecule has 8 nitrogen and oxygen atoms in total. The van der Waals surface area contributed by atoms with Gasteiger partial charge in [0, 0.05) is 16.6 Å². The van der Waals surface area contributed by atoms with E-state index in [2.05, 4.69) is 43.2 Å². The zero-order valence-corrected chi connectivity index (χ0v) is 24.0. The average Bonchev–Trinajstić information content (AvgIpc) is 3.33. The molecule has 0 saturated heterocycles. The molecule has 0 atom stereocenters. The largest absolute Gasteiger partial charge is 0.493 e. The number of nitrogens with one attached hydrogen (secondary N) is 1. The van der Waals surface area contributed by atoms with Crippen molar-refractivity contribution in [2.24, 2.45) is 5.10 Å². The lowest BCUT2D eigenvalue weighted by Crippen LogP contribution is -2.20. The molecule has 0 radical (unpaired) electrons. The molecule has 1 amide bonds. The Morgan fingerprint density at radius 3 is 2.59 bits per heavy atom. The first kappa shape index (κ1) is 28.1. The minimum absolute atomic E-state index is 0.127. The Morgan fingerprint density at radius 1 is 1.10 bits per heavy atom. The molecular weight excluding hydrogens is 578 g/mol. The number of hydrogen-bond donors (Lipinski definition) is 1. The number of carbonyl (C=O) groups is 1. The fourth-order valence-electron chi connectivity index (χ4n) is 3.58. The molecule has 1 aromatic heterocycles. The lowest BCUT2D eigenvalue weighted by atomic mass is 10.2. The number of rotatable bonds is 12. The highest BCUT2D eigenvalue weighted by Gasteiger charge is 2.16. The quantitative estimate of drug-likeness (QED) is 0.0906. The second-order valence-corrected chi connectivity index (χ2v) is 10.5. The first-order valence-corrected chi connectivity index (χ1v) is 13.8. The maximum Gasteiger partial charge on any atom is 0.250 e. The number of methoxy groups -OCH3 is 1.